The van der Waals surface area contributed by atoms with Crippen LogP contribution in [0.25, 0.3) is 33.5 Å². The molecule has 5 rings (SSSR count). The van der Waals surface area contributed by atoms with Crippen molar-refractivity contribution in [1.29, 1.82) is 0 Å². The van der Waals surface area contributed by atoms with Gasteiger partial charge >= 0.3 is 5.69 Å². The molecule has 0 atom stereocenters. The molecule has 0 amide bonds. The summed E-state index contributed by atoms with van der Waals surface area (Å²) in [5.41, 5.74) is 0.782. The van der Waals surface area contributed by atoms with Gasteiger partial charge in [0.1, 0.15) is 5.58 Å². The van der Waals surface area contributed by atoms with Crippen LogP contribution in [0.5, 0.6) is 5.75 Å². The number of halogens is 1. The first-order chi connectivity index (χ1) is 16.5. The Labute approximate surface area is 200 Å². The first-order valence-corrected chi connectivity index (χ1v) is 10.8. The van der Waals surface area contributed by atoms with E-state index in [0.29, 0.717) is 32.3 Å². The number of nitro benzene ring substituents is 1. The van der Waals surface area contributed by atoms with E-state index in [1.807, 2.05) is 24.3 Å². The van der Waals surface area contributed by atoms with E-state index >= 15 is 0 Å². The van der Waals surface area contributed by atoms with E-state index in [0.717, 1.165) is 10.1 Å². The molecular weight excluding hydrogens is 504 g/mol. The smallest absolute Gasteiger partial charge is 0.312 e. The fourth-order valence-electron chi connectivity index (χ4n) is 3.66. The summed E-state index contributed by atoms with van der Waals surface area (Å²) in [5.74, 6) is 0.567. The Hall–Kier alpha value is -4.31. The minimum absolute atomic E-state index is 0.0176. The van der Waals surface area contributed by atoms with Crippen molar-refractivity contribution in [2.24, 2.45) is 5.10 Å². The zero-order valence-corrected chi connectivity index (χ0v) is 19.2. The van der Waals surface area contributed by atoms with Crippen molar-refractivity contribution in [3.63, 3.8) is 0 Å². The zero-order chi connectivity index (χ0) is 23.8. The van der Waals surface area contributed by atoms with E-state index < -0.39 is 10.5 Å². The number of hydrogen-bond donors (Lipinski definition) is 0. The van der Waals surface area contributed by atoms with E-state index in [4.69, 9.17) is 9.15 Å². The largest absolute Gasteiger partial charge is 0.490 e. The lowest BCUT2D eigenvalue weighted by atomic mass is 10.2. The van der Waals surface area contributed by atoms with Crippen LogP contribution in [0.1, 0.15) is 5.56 Å². The van der Waals surface area contributed by atoms with Crippen molar-refractivity contribution in [2.45, 2.75) is 0 Å². The number of rotatable bonds is 5. The summed E-state index contributed by atoms with van der Waals surface area (Å²) in [4.78, 5) is 28.9. The third kappa shape index (κ3) is 3.73. The molecule has 0 bridgehead atoms. The molecule has 9 nitrogen and oxygen atoms in total. The topological polar surface area (TPSA) is 113 Å². The second kappa shape index (κ2) is 8.56. The molecule has 0 N–H and O–H groups in total. The van der Waals surface area contributed by atoms with Gasteiger partial charge in [-0.05, 0) is 30.3 Å². The Kier molecular flexibility index (Phi) is 5.42. The molecule has 0 aliphatic carbocycles. The molecule has 0 radical (unpaired) electrons. The predicted molar refractivity (Wildman–Crippen MR) is 132 cm³/mol. The summed E-state index contributed by atoms with van der Waals surface area (Å²) in [7, 11) is 1.33. The average Bonchev–Trinajstić information content (AvgIpc) is 3.27. The molecule has 34 heavy (non-hydrogen) atoms. The molecule has 5 aromatic rings. The maximum Gasteiger partial charge on any atom is 0.312 e. The van der Waals surface area contributed by atoms with Gasteiger partial charge in [0.2, 0.25) is 11.6 Å². The molecule has 2 aromatic heterocycles. The number of nitrogens with zero attached hydrogens (tertiary/aromatic N) is 4. The van der Waals surface area contributed by atoms with E-state index in [2.05, 4.69) is 26.0 Å². The Morgan fingerprint density at radius 2 is 1.91 bits per heavy atom. The average molecular weight is 519 g/mol. The maximum absolute atomic E-state index is 13.4. The van der Waals surface area contributed by atoms with E-state index in [1.165, 1.54) is 19.4 Å². The van der Waals surface area contributed by atoms with Crippen LogP contribution in [0.15, 0.2) is 85.5 Å². The van der Waals surface area contributed by atoms with Crippen molar-refractivity contribution >= 4 is 49.7 Å². The van der Waals surface area contributed by atoms with Gasteiger partial charge in [-0.15, -0.1) is 0 Å². The first-order valence-electron chi connectivity index (χ1n) is 10.0. The minimum atomic E-state index is -0.551. The lowest BCUT2D eigenvalue weighted by Gasteiger charge is -2.09. The number of aromatic nitrogens is 2. The summed E-state index contributed by atoms with van der Waals surface area (Å²) >= 11 is 3.27. The van der Waals surface area contributed by atoms with Crippen molar-refractivity contribution in [3.05, 3.63) is 97.2 Å². The molecule has 0 spiro atoms. The quantitative estimate of drug-likeness (QED) is 0.175. The second-order valence-electron chi connectivity index (χ2n) is 7.27. The minimum Gasteiger partial charge on any atom is -0.490 e. The van der Waals surface area contributed by atoms with Crippen LogP contribution in [-0.4, -0.2) is 27.9 Å². The second-order valence-corrected chi connectivity index (χ2v) is 8.18. The van der Waals surface area contributed by atoms with Gasteiger partial charge in [0.15, 0.2) is 5.76 Å². The van der Waals surface area contributed by atoms with Gasteiger partial charge in [-0.1, -0.05) is 46.3 Å². The number of fused-ring (bicyclic) bond motifs is 2. The van der Waals surface area contributed by atoms with Crippen molar-refractivity contribution in [3.8, 4) is 17.3 Å². The number of ether oxygens (including phenoxy) is 1. The van der Waals surface area contributed by atoms with Gasteiger partial charge in [0, 0.05) is 21.5 Å². The van der Waals surface area contributed by atoms with E-state index in [-0.39, 0.29) is 17.3 Å². The number of methoxy groups -OCH3 is 1. The maximum atomic E-state index is 13.4. The molecule has 10 heteroatoms. The first kappa shape index (κ1) is 21.5. The van der Waals surface area contributed by atoms with Gasteiger partial charge in [0.05, 0.1) is 29.2 Å². The molecular formula is C24H15BrN4O5. The molecule has 3 aromatic carbocycles. The van der Waals surface area contributed by atoms with Crippen LogP contribution in [0, 0.1) is 10.1 Å². The van der Waals surface area contributed by atoms with E-state index in [1.54, 1.807) is 36.4 Å². The Bertz CT molecular complexity index is 1640. The predicted octanol–water partition coefficient (Wildman–Crippen LogP) is 5.37. The standard InChI is InChI=1S/C24H15BrN4O5/c1-33-22-15(10-16(25)12-19(22)29(31)32)13-26-28-23(21-11-14-6-2-5-9-20(14)34-21)27-18-8-4-3-7-17(18)24(28)30/h2-13H,1H3. The van der Waals surface area contributed by atoms with Crippen LogP contribution in [0.4, 0.5) is 5.69 Å². The SMILES string of the molecule is COc1c(C=Nn2c(-c3cc4ccccc4o3)nc3ccccc3c2=O)cc(Br)cc1[N+](=O)[O-]. The van der Waals surface area contributed by atoms with Crippen LogP contribution < -0.4 is 10.3 Å². The lowest BCUT2D eigenvalue weighted by molar-refractivity contribution is -0.385. The van der Waals surface area contributed by atoms with Gasteiger partial charge in [-0.2, -0.15) is 9.78 Å². The van der Waals surface area contributed by atoms with Gasteiger partial charge in [-0.25, -0.2) is 4.98 Å². The highest BCUT2D eigenvalue weighted by molar-refractivity contribution is 9.10. The zero-order valence-electron chi connectivity index (χ0n) is 17.6. The summed E-state index contributed by atoms with van der Waals surface area (Å²) < 4.78 is 12.8. The lowest BCUT2D eigenvalue weighted by Crippen LogP contribution is -2.20. The molecule has 0 aliphatic rings. The highest BCUT2D eigenvalue weighted by atomic mass is 79.9. The normalized spacial score (nSPS) is 11.5. The van der Waals surface area contributed by atoms with Crippen molar-refractivity contribution < 1.29 is 14.1 Å². The van der Waals surface area contributed by atoms with Crippen LogP contribution >= 0.6 is 15.9 Å². The summed E-state index contributed by atoms with van der Waals surface area (Å²) in [6.45, 7) is 0. The Balaban J connectivity index is 1.75. The highest BCUT2D eigenvalue weighted by Gasteiger charge is 2.20. The third-order valence-electron chi connectivity index (χ3n) is 5.18. The molecule has 0 aliphatic heterocycles. The van der Waals surface area contributed by atoms with Gasteiger partial charge in [0.25, 0.3) is 5.56 Å². The number of para-hydroxylation sites is 2. The molecule has 2 heterocycles. The fourth-order valence-corrected chi connectivity index (χ4v) is 4.12. The van der Waals surface area contributed by atoms with Gasteiger partial charge in [-0.3, -0.25) is 14.9 Å². The number of furan rings is 1. The molecule has 0 saturated carbocycles. The number of benzene rings is 3. The third-order valence-corrected chi connectivity index (χ3v) is 5.63. The monoisotopic (exact) mass is 518 g/mol. The Morgan fingerprint density at radius 3 is 2.68 bits per heavy atom. The molecule has 0 fully saturated rings. The van der Waals surface area contributed by atoms with Gasteiger partial charge < -0.3 is 9.15 Å². The molecule has 0 unspecified atom stereocenters. The number of nitro groups is 1. The van der Waals surface area contributed by atoms with Crippen LogP contribution in [-0.2, 0) is 0 Å². The number of hydrogen-bond acceptors (Lipinski definition) is 7. The van der Waals surface area contributed by atoms with Crippen LogP contribution in [0.2, 0.25) is 0 Å². The van der Waals surface area contributed by atoms with Crippen molar-refractivity contribution in [2.75, 3.05) is 7.11 Å². The summed E-state index contributed by atoms with van der Waals surface area (Å²) in [5, 5.41) is 17.0. The Morgan fingerprint density at radius 1 is 1.15 bits per heavy atom. The van der Waals surface area contributed by atoms with Crippen LogP contribution in [0.3, 0.4) is 0 Å². The highest BCUT2D eigenvalue weighted by Crippen LogP contribution is 2.33. The molecule has 168 valence electrons. The summed E-state index contributed by atoms with van der Waals surface area (Å²) in [6, 6.07) is 19.1. The summed E-state index contributed by atoms with van der Waals surface area (Å²) in [6.07, 6.45) is 1.32. The van der Waals surface area contributed by atoms with Crippen molar-refractivity contribution in [1.82, 2.24) is 9.66 Å². The molecule has 0 saturated heterocycles. The fraction of sp³-hybridized carbons (Fsp3) is 0.0417. The van der Waals surface area contributed by atoms with E-state index in [9.17, 15) is 14.9 Å².